The molecule has 2 fully saturated rings. The first-order chi connectivity index (χ1) is 10.3. The van der Waals surface area contributed by atoms with Crippen LogP contribution in [-0.2, 0) is 4.79 Å². The summed E-state index contributed by atoms with van der Waals surface area (Å²) in [5.41, 5.74) is 7.43. The third-order valence-corrected chi connectivity index (χ3v) is 5.15. The van der Waals surface area contributed by atoms with Crippen molar-refractivity contribution in [1.82, 2.24) is 15.1 Å². The number of nitrogens with two attached hydrogens (primary N) is 1. The summed E-state index contributed by atoms with van der Waals surface area (Å²) >= 11 is 0. The molecule has 0 radical (unpaired) electrons. The van der Waals surface area contributed by atoms with E-state index in [4.69, 9.17) is 5.73 Å². The van der Waals surface area contributed by atoms with Crippen molar-refractivity contribution in [2.24, 2.45) is 11.1 Å². The van der Waals surface area contributed by atoms with E-state index in [2.05, 4.69) is 42.5 Å². The summed E-state index contributed by atoms with van der Waals surface area (Å²) in [5, 5.41) is 3.05. The molecule has 3 atom stereocenters. The second-order valence-corrected chi connectivity index (χ2v) is 7.68. The number of fused-ring (bicyclic) bond motifs is 1. The summed E-state index contributed by atoms with van der Waals surface area (Å²) < 4.78 is 0. The van der Waals surface area contributed by atoms with E-state index in [1.807, 2.05) is 7.05 Å². The SMILES string of the molecule is C=C(C(N)C(C)(C)C)N1CCC2C1CCN2C(=O)CCNC. The fourth-order valence-corrected chi connectivity index (χ4v) is 3.71. The average Bonchev–Trinajstić information content (AvgIpc) is 3.03. The van der Waals surface area contributed by atoms with Gasteiger partial charge in [-0.15, -0.1) is 0 Å². The summed E-state index contributed by atoms with van der Waals surface area (Å²) in [6, 6.07) is 0.702. The summed E-state index contributed by atoms with van der Waals surface area (Å²) in [4.78, 5) is 16.8. The van der Waals surface area contributed by atoms with E-state index in [9.17, 15) is 4.79 Å². The Balaban J connectivity index is 2.01. The molecule has 0 saturated carbocycles. The zero-order valence-electron chi connectivity index (χ0n) is 14.6. The maximum atomic E-state index is 12.3. The zero-order chi connectivity index (χ0) is 16.5. The molecule has 0 aliphatic carbocycles. The van der Waals surface area contributed by atoms with Crippen LogP contribution in [0.4, 0.5) is 0 Å². The van der Waals surface area contributed by atoms with Gasteiger partial charge in [-0.05, 0) is 25.3 Å². The predicted octanol–water partition coefficient (Wildman–Crippen LogP) is 1.16. The highest BCUT2D eigenvalue weighted by atomic mass is 16.2. The minimum atomic E-state index is -0.0414. The Morgan fingerprint density at radius 2 is 1.82 bits per heavy atom. The van der Waals surface area contributed by atoms with Gasteiger partial charge < -0.3 is 20.9 Å². The summed E-state index contributed by atoms with van der Waals surface area (Å²) in [6.45, 7) is 13.3. The second kappa shape index (κ2) is 6.59. The molecule has 0 spiro atoms. The molecule has 0 aromatic heterocycles. The van der Waals surface area contributed by atoms with Crippen LogP contribution in [0.5, 0.6) is 0 Å². The summed E-state index contributed by atoms with van der Waals surface area (Å²) in [6.07, 6.45) is 2.65. The Morgan fingerprint density at radius 3 is 2.36 bits per heavy atom. The van der Waals surface area contributed by atoms with Crippen LogP contribution in [0.3, 0.4) is 0 Å². The lowest BCUT2D eigenvalue weighted by molar-refractivity contribution is -0.131. The normalized spacial score (nSPS) is 26.2. The smallest absolute Gasteiger partial charge is 0.224 e. The summed E-state index contributed by atoms with van der Waals surface area (Å²) in [5.74, 6) is 0.273. The molecule has 0 aromatic carbocycles. The number of hydrogen-bond acceptors (Lipinski definition) is 4. The van der Waals surface area contributed by atoms with Crippen LogP contribution >= 0.6 is 0 Å². The number of nitrogens with zero attached hydrogens (tertiary/aromatic N) is 2. The Hall–Kier alpha value is -1.07. The van der Waals surface area contributed by atoms with E-state index in [-0.39, 0.29) is 17.4 Å². The highest BCUT2D eigenvalue weighted by molar-refractivity contribution is 5.77. The number of nitrogens with one attached hydrogen (secondary N) is 1. The van der Waals surface area contributed by atoms with Gasteiger partial charge in [-0.1, -0.05) is 27.4 Å². The lowest BCUT2D eigenvalue weighted by Crippen LogP contribution is -2.46. The largest absolute Gasteiger partial charge is 0.369 e. The van der Waals surface area contributed by atoms with Gasteiger partial charge >= 0.3 is 0 Å². The number of likely N-dealkylation sites (tertiary alicyclic amines) is 2. The predicted molar refractivity (Wildman–Crippen MR) is 90.3 cm³/mol. The number of carbonyl (C=O) groups is 1. The highest BCUT2D eigenvalue weighted by Gasteiger charge is 2.45. The van der Waals surface area contributed by atoms with Crippen molar-refractivity contribution < 1.29 is 4.79 Å². The first-order valence-electron chi connectivity index (χ1n) is 8.42. The van der Waals surface area contributed by atoms with Crippen LogP contribution in [0.15, 0.2) is 12.3 Å². The Labute approximate surface area is 134 Å². The van der Waals surface area contributed by atoms with Crippen LogP contribution in [0, 0.1) is 5.41 Å². The fourth-order valence-electron chi connectivity index (χ4n) is 3.71. The monoisotopic (exact) mass is 308 g/mol. The van der Waals surface area contributed by atoms with Gasteiger partial charge in [0.2, 0.25) is 5.91 Å². The number of carbonyl (C=O) groups excluding carboxylic acids is 1. The van der Waals surface area contributed by atoms with Crippen molar-refractivity contribution in [1.29, 1.82) is 0 Å². The van der Waals surface area contributed by atoms with Crippen molar-refractivity contribution >= 4 is 5.91 Å². The average molecular weight is 308 g/mol. The number of amides is 1. The van der Waals surface area contributed by atoms with Gasteiger partial charge in [0.25, 0.3) is 0 Å². The first-order valence-corrected chi connectivity index (χ1v) is 8.42. The van der Waals surface area contributed by atoms with Crippen LogP contribution in [0.2, 0.25) is 0 Å². The van der Waals surface area contributed by atoms with E-state index in [1.165, 1.54) is 0 Å². The minimum absolute atomic E-state index is 0.01000. The van der Waals surface area contributed by atoms with Gasteiger partial charge in [0.05, 0.1) is 12.1 Å². The molecule has 22 heavy (non-hydrogen) atoms. The molecule has 0 aromatic rings. The quantitative estimate of drug-likeness (QED) is 0.800. The molecule has 2 aliphatic heterocycles. The maximum absolute atomic E-state index is 12.3. The molecule has 0 bridgehead atoms. The van der Waals surface area contributed by atoms with E-state index < -0.39 is 0 Å². The van der Waals surface area contributed by atoms with Crippen molar-refractivity contribution in [2.45, 2.75) is 58.2 Å². The second-order valence-electron chi connectivity index (χ2n) is 7.68. The molecule has 126 valence electrons. The lowest BCUT2D eigenvalue weighted by atomic mass is 9.85. The fraction of sp³-hybridized carbons (Fsp3) is 0.824. The minimum Gasteiger partial charge on any atom is -0.369 e. The third kappa shape index (κ3) is 3.30. The van der Waals surface area contributed by atoms with Crippen molar-refractivity contribution in [3.63, 3.8) is 0 Å². The van der Waals surface area contributed by atoms with Gasteiger partial charge in [-0.3, -0.25) is 4.79 Å². The molecule has 2 rings (SSSR count). The van der Waals surface area contributed by atoms with Crippen LogP contribution in [0.25, 0.3) is 0 Å². The van der Waals surface area contributed by atoms with Gasteiger partial charge in [0.1, 0.15) is 0 Å². The van der Waals surface area contributed by atoms with Gasteiger partial charge in [-0.25, -0.2) is 0 Å². The third-order valence-electron chi connectivity index (χ3n) is 5.15. The Bertz CT molecular complexity index is 429. The molecule has 3 unspecified atom stereocenters. The number of hydrogen-bond donors (Lipinski definition) is 2. The molecule has 5 nitrogen and oxygen atoms in total. The molecule has 5 heteroatoms. The topological polar surface area (TPSA) is 61.6 Å². The summed E-state index contributed by atoms with van der Waals surface area (Å²) in [7, 11) is 1.88. The molecular weight excluding hydrogens is 276 g/mol. The van der Waals surface area contributed by atoms with Crippen molar-refractivity contribution in [3.8, 4) is 0 Å². The molecular formula is C17H32N4O. The van der Waals surface area contributed by atoms with E-state index in [0.717, 1.165) is 38.2 Å². The molecule has 2 saturated heterocycles. The van der Waals surface area contributed by atoms with Crippen LogP contribution in [-0.4, -0.2) is 60.5 Å². The molecule has 3 N–H and O–H groups in total. The standard InChI is InChI=1S/C17H32N4O/c1-12(16(18)17(2,3)4)20-10-7-14-13(20)8-11-21(14)15(22)6-9-19-5/h13-14,16,19H,1,6-11,18H2,2-5H3. The van der Waals surface area contributed by atoms with E-state index >= 15 is 0 Å². The zero-order valence-corrected chi connectivity index (χ0v) is 14.6. The Morgan fingerprint density at radius 1 is 1.27 bits per heavy atom. The van der Waals surface area contributed by atoms with Gasteiger partial charge in [0.15, 0.2) is 0 Å². The molecule has 2 aliphatic rings. The van der Waals surface area contributed by atoms with Gasteiger partial charge in [-0.2, -0.15) is 0 Å². The lowest BCUT2D eigenvalue weighted by Gasteiger charge is -2.37. The first kappa shape index (κ1) is 17.3. The van der Waals surface area contributed by atoms with Gasteiger partial charge in [0, 0.05) is 37.8 Å². The van der Waals surface area contributed by atoms with E-state index in [1.54, 1.807) is 0 Å². The number of rotatable bonds is 5. The Kier molecular flexibility index (Phi) is 5.17. The molecule has 1 amide bonds. The van der Waals surface area contributed by atoms with Crippen LogP contribution in [0.1, 0.15) is 40.0 Å². The van der Waals surface area contributed by atoms with E-state index in [0.29, 0.717) is 18.5 Å². The van der Waals surface area contributed by atoms with Crippen molar-refractivity contribution in [3.05, 3.63) is 12.3 Å². The highest BCUT2D eigenvalue weighted by Crippen LogP contribution is 2.36. The maximum Gasteiger partial charge on any atom is 0.224 e. The molecule has 2 heterocycles. The van der Waals surface area contributed by atoms with Crippen molar-refractivity contribution in [2.75, 3.05) is 26.7 Å². The van der Waals surface area contributed by atoms with Crippen LogP contribution < -0.4 is 11.1 Å².